The minimum Gasteiger partial charge on any atom is -0.309 e. The van der Waals surface area contributed by atoms with Gasteiger partial charge in [-0.05, 0) is 207 Å². The fourth-order valence-corrected chi connectivity index (χ4v) is 16.4. The average Bonchev–Trinajstić information content (AvgIpc) is 0.654. The van der Waals surface area contributed by atoms with E-state index in [1.807, 2.05) is 0 Å². The van der Waals surface area contributed by atoms with Gasteiger partial charge in [0.25, 0.3) is 0 Å². The Morgan fingerprint density at radius 2 is 0.495 bits per heavy atom. The predicted octanol–water partition coefficient (Wildman–Crippen LogP) is 29.4. The Morgan fingerprint density at radius 1 is 0.143 bits per heavy atom. The second-order valence-electron chi connectivity index (χ2n) is 27.3. The van der Waals surface area contributed by atoms with Crippen LogP contribution < -0.4 is 4.90 Å². The number of anilines is 3. The summed E-state index contributed by atoms with van der Waals surface area (Å²) in [5.41, 5.74) is 23.1. The lowest BCUT2D eigenvalue weighted by Crippen LogP contribution is -2.11. The molecule has 105 heavy (non-hydrogen) atoms. The molecule has 490 valence electrons. The van der Waals surface area contributed by atoms with Crippen LogP contribution in [0.2, 0.25) is 0 Å². The number of benzene rings is 20. The summed E-state index contributed by atoms with van der Waals surface area (Å²) in [5, 5.41) is 19.9. The van der Waals surface area contributed by atoms with Crippen molar-refractivity contribution in [2.24, 2.45) is 0 Å². The van der Waals surface area contributed by atoms with E-state index in [1.54, 1.807) is 0 Å². The van der Waals surface area contributed by atoms with Gasteiger partial charge in [-0.25, -0.2) is 0 Å². The molecule has 20 aromatic rings. The third kappa shape index (κ3) is 11.4. The van der Waals surface area contributed by atoms with Crippen molar-refractivity contribution in [1.29, 1.82) is 0 Å². The molecule has 0 N–H and O–H groups in total. The topological polar surface area (TPSA) is 3.24 Å². The van der Waals surface area contributed by atoms with E-state index in [2.05, 4.69) is 423 Å². The Balaban J connectivity index is 0.000000146. The van der Waals surface area contributed by atoms with Crippen molar-refractivity contribution in [3.63, 3.8) is 0 Å². The molecule has 0 aliphatic carbocycles. The molecule has 0 amide bonds. The maximum atomic E-state index is 2.47. The van der Waals surface area contributed by atoms with Crippen LogP contribution in [-0.2, 0) is 0 Å². The molecule has 0 unspecified atom stereocenters. The summed E-state index contributed by atoms with van der Waals surface area (Å²) in [5.74, 6) is 0. The molecule has 1 heteroatoms. The number of hydrogen-bond acceptors (Lipinski definition) is 1. The molecule has 0 saturated carbocycles. The van der Waals surface area contributed by atoms with Gasteiger partial charge in [-0.15, -0.1) is 0 Å². The fraction of sp³-hybridized carbons (Fsp3) is 0. The highest BCUT2D eigenvalue weighted by atomic mass is 15.1. The molecule has 0 bridgehead atoms. The lowest BCUT2D eigenvalue weighted by atomic mass is 9.81. The third-order valence-electron chi connectivity index (χ3n) is 21.3. The second-order valence-corrected chi connectivity index (χ2v) is 27.3. The highest BCUT2D eigenvalue weighted by Gasteiger charge is 2.25. The summed E-state index contributed by atoms with van der Waals surface area (Å²) in [6.07, 6.45) is 0. The lowest BCUT2D eigenvalue weighted by molar-refractivity contribution is 1.32. The van der Waals surface area contributed by atoms with Crippen molar-refractivity contribution in [1.82, 2.24) is 0 Å². The van der Waals surface area contributed by atoms with E-state index in [0.717, 1.165) is 17.1 Å². The van der Waals surface area contributed by atoms with Crippen LogP contribution in [0.25, 0.3) is 175 Å². The summed E-state index contributed by atoms with van der Waals surface area (Å²) in [6.45, 7) is 0. The lowest BCUT2D eigenvalue weighted by Gasteiger charge is -2.29. The van der Waals surface area contributed by atoms with Gasteiger partial charge < -0.3 is 4.90 Å². The minimum absolute atomic E-state index is 1.11. The molecule has 0 aromatic heterocycles. The number of fused-ring (bicyclic) bond motifs is 11. The molecule has 0 spiro atoms. The molecule has 0 radical (unpaired) electrons. The third-order valence-corrected chi connectivity index (χ3v) is 21.3. The van der Waals surface area contributed by atoms with Gasteiger partial charge in [0.15, 0.2) is 0 Å². The highest BCUT2D eigenvalue weighted by molar-refractivity contribution is 6.33. The summed E-state index contributed by atoms with van der Waals surface area (Å²) < 4.78 is 0. The van der Waals surface area contributed by atoms with Gasteiger partial charge in [0, 0.05) is 16.5 Å². The van der Waals surface area contributed by atoms with Gasteiger partial charge in [0.1, 0.15) is 0 Å². The van der Waals surface area contributed by atoms with Crippen LogP contribution in [0.4, 0.5) is 17.1 Å². The Morgan fingerprint density at radius 3 is 1.05 bits per heavy atom. The van der Waals surface area contributed by atoms with Crippen LogP contribution in [-0.4, -0.2) is 0 Å². The van der Waals surface area contributed by atoms with Gasteiger partial charge in [-0.2, -0.15) is 0 Å². The first kappa shape index (κ1) is 62.3. The standard InChI is InChI=1S/C56H37N.C48H32/c1-4-18-40(19-5-1)49-37-50(41-20-6-2-7-21-41)55-47-31-15-14-30-46(47)51-36-43(34-35-48(51)56(55)54(49)42-24-8-3-9-25-42)57(52-32-16-26-38-22-10-12-28-44(38)52)53-33-17-27-39-23-11-13-29-45(39)53;1-3-11-33(12-4-1)36-19-24-38(25-20-36)47-43-17-9-10-18-44(43)48(39-26-21-37(22-27-39)34-13-5-2-6-14-34)46-32-42(29-30-45(46)47)41-28-23-35-15-7-8-16-40(35)31-41/h1-37H;1-32H. The molecule has 0 atom stereocenters. The molecule has 0 heterocycles. The van der Waals surface area contributed by atoms with Crippen molar-refractivity contribution < 1.29 is 0 Å². The van der Waals surface area contributed by atoms with Crippen LogP contribution in [0.1, 0.15) is 0 Å². The monoisotopic (exact) mass is 1330 g/mol. The van der Waals surface area contributed by atoms with Crippen molar-refractivity contribution in [3.8, 4) is 89.0 Å². The second kappa shape index (κ2) is 27.0. The van der Waals surface area contributed by atoms with E-state index < -0.39 is 0 Å². The molecule has 20 rings (SSSR count). The zero-order valence-electron chi connectivity index (χ0n) is 57.8. The first-order chi connectivity index (χ1) is 52.1. The van der Waals surface area contributed by atoms with Crippen LogP contribution >= 0.6 is 0 Å². The van der Waals surface area contributed by atoms with Crippen LogP contribution in [0, 0.1) is 0 Å². The van der Waals surface area contributed by atoms with Crippen molar-refractivity contribution >= 4 is 103 Å². The van der Waals surface area contributed by atoms with Gasteiger partial charge >= 0.3 is 0 Å². The molecular formula is C104H69N. The Labute approximate surface area is 611 Å². The summed E-state index contributed by atoms with van der Waals surface area (Å²) >= 11 is 0. The molecule has 0 saturated heterocycles. The number of hydrogen-bond donors (Lipinski definition) is 0. The van der Waals surface area contributed by atoms with Crippen molar-refractivity contribution in [3.05, 3.63) is 419 Å². The maximum absolute atomic E-state index is 2.47. The van der Waals surface area contributed by atoms with Gasteiger partial charge in [-0.3, -0.25) is 0 Å². The van der Waals surface area contributed by atoms with Gasteiger partial charge in [0.05, 0.1) is 11.4 Å². The van der Waals surface area contributed by atoms with E-state index in [0.29, 0.717) is 0 Å². The predicted molar refractivity (Wildman–Crippen MR) is 451 cm³/mol. The highest BCUT2D eigenvalue weighted by Crippen LogP contribution is 2.52. The first-order valence-corrected chi connectivity index (χ1v) is 36.3. The van der Waals surface area contributed by atoms with E-state index in [1.165, 1.54) is 175 Å². The molecule has 0 aliphatic heterocycles. The molecular weight excluding hydrogens is 1260 g/mol. The van der Waals surface area contributed by atoms with Crippen LogP contribution in [0.5, 0.6) is 0 Å². The molecule has 0 aliphatic rings. The smallest absolute Gasteiger partial charge is 0.0540 e. The van der Waals surface area contributed by atoms with Gasteiger partial charge in [-0.1, -0.05) is 376 Å². The SMILES string of the molecule is c1ccc(-c2cc(-c3ccccc3)c3c4ccccc4c4cc(N(c5cccc6ccccc56)c5cccc6ccccc56)ccc4c3c2-c2ccccc2)cc1.c1ccc(-c2ccc(-c3c4ccccc4c(-c4ccc(-c5ccccc5)cc4)c4cc(-c5ccc6ccccc6c5)ccc34)cc2)cc1. The fourth-order valence-electron chi connectivity index (χ4n) is 16.4. The van der Waals surface area contributed by atoms with Crippen LogP contribution in [0.15, 0.2) is 419 Å². The summed E-state index contributed by atoms with van der Waals surface area (Å²) in [4.78, 5) is 2.47. The Kier molecular flexibility index (Phi) is 16.0. The van der Waals surface area contributed by atoms with Gasteiger partial charge in [0.2, 0.25) is 0 Å². The van der Waals surface area contributed by atoms with E-state index in [4.69, 9.17) is 0 Å². The molecule has 20 aromatic carbocycles. The Bertz CT molecular complexity index is 6560. The first-order valence-electron chi connectivity index (χ1n) is 36.3. The van der Waals surface area contributed by atoms with Crippen LogP contribution in [0.3, 0.4) is 0 Å². The maximum Gasteiger partial charge on any atom is 0.0540 e. The van der Waals surface area contributed by atoms with E-state index in [9.17, 15) is 0 Å². The quantitative estimate of drug-likeness (QED) is 0.0922. The van der Waals surface area contributed by atoms with Crippen molar-refractivity contribution in [2.75, 3.05) is 4.90 Å². The number of nitrogens with zero attached hydrogens (tertiary/aromatic N) is 1. The normalized spacial score (nSPS) is 11.4. The zero-order valence-corrected chi connectivity index (χ0v) is 57.8. The molecule has 0 fully saturated rings. The average molecular weight is 1330 g/mol. The summed E-state index contributed by atoms with van der Waals surface area (Å²) in [6, 6.07) is 153. The minimum atomic E-state index is 1.11. The summed E-state index contributed by atoms with van der Waals surface area (Å²) in [7, 11) is 0. The van der Waals surface area contributed by atoms with E-state index >= 15 is 0 Å². The Hall–Kier alpha value is -13.7. The zero-order chi connectivity index (χ0) is 69.6. The molecule has 1 nitrogen and oxygen atoms in total. The number of rotatable bonds is 11. The van der Waals surface area contributed by atoms with E-state index in [-0.39, 0.29) is 0 Å². The van der Waals surface area contributed by atoms with Crippen molar-refractivity contribution in [2.45, 2.75) is 0 Å². The largest absolute Gasteiger partial charge is 0.309 e.